The predicted octanol–water partition coefficient (Wildman–Crippen LogP) is 0.723. The van der Waals surface area contributed by atoms with Gasteiger partial charge in [-0.1, -0.05) is 6.92 Å². The minimum atomic E-state index is 0.690. The van der Waals surface area contributed by atoms with Crippen molar-refractivity contribution in [1.82, 2.24) is 5.32 Å². The maximum absolute atomic E-state index is 5.52. The standard InChI is InChI=1S/C8H18N2/c1-7(6-9)5-8-3-2-4-10-8/h7-8,10H,2-6,9H2,1H3. The van der Waals surface area contributed by atoms with E-state index in [9.17, 15) is 0 Å². The van der Waals surface area contributed by atoms with Gasteiger partial charge in [-0.25, -0.2) is 0 Å². The molecule has 3 N–H and O–H groups in total. The number of nitrogens with one attached hydrogen (secondary N) is 1. The van der Waals surface area contributed by atoms with Gasteiger partial charge in [0.25, 0.3) is 0 Å². The van der Waals surface area contributed by atoms with Gasteiger partial charge in [-0.15, -0.1) is 0 Å². The number of hydrogen-bond acceptors (Lipinski definition) is 2. The molecule has 0 amide bonds. The van der Waals surface area contributed by atoms with Gasteiger partial charge in [-0.3, -0.25) is 0 Å². The lowest BCUT2D eigenvalue weighted by molar-refractivity contribution is 0.444. The van der Waals surface area contributed by atoms with Crippen LogP contribution in [0, 0.1) is 5.92 Å². The molecule has 1 aliphatic heterocycles. The van der Waals surface area contributed by atoms with Gasteiger partial charge in [0, 0.05) is 6.04 Å². The summed E-state index contributed by atoms with van der Waals surface area (Å²) in [5.74, 6) is 0.690. The molecule has 1 rings (SSSR count). The molecule has 10 heavy (non-hydrogen) atoms. The molecule has 0 aromatic heterocycles. The number of hydrogen-bond donors (Lipinski definition) is 2. The lowest BCUT2D eigenvalue weighted by Crippen LogP contribution is -2.26. The largest absolute Gasteiger partial charge is 0.330 e. The smallest absolute Gasteiger partial charge is 0.00705 e. The highest BCUT2D eigenvalue weighted by atomic mass is 14.9. The third kappa shape index (κ3) is 2.27. The van der Waals surface area contributed by atoms with Crippen LogP contribution in [-0.2, 0) is 0 Å². The van der Waals surface area contributed by atoms with Crippen molar-refractivity contribution in [2.75, 3.05) is 13.1 Å². The van der Waals surface area contributed by atoms with Crippen LogP contribution in [0.3, 0.4) is 0 Å². The van der Waals surface area contributed by atoms with E-state index in [2.05, 4.69) is 12.2 Å². The van der Waals surface area contributed by atoms with Crippen molar-refractivity contribution >= 4 is 0 Å². The Bertz CT molecular complexity index is 87.3. The Balaban J connectivity index is 2.11. The van der Waals surface area contributed by atoms with Crippen molar-refractivity contribution in [2.24, 2.45) is 11.7 Å². The molecule has 0 spiro atoms. The fraction of sp³-hybridized carbons (Fsp3) is 1.00. The summed E-state index contributed by atoms with van der Waals surface area (Å²) < 4.78 is 0. The van der Waals surface area contributed by atoms with Crippen LogP contribution in [0.5, 0.6) is 0 Å². The fourth-order valence-electron chi connectivity index (χ4n) is 1.54. The second kappa shape index (κ2) is 3.94. The first kappa shape index (κ1) is 8.02. The van der Waals surface area contributed by atoms with Gasteiger partial charge in [-0.05, 0) is 38.3 Å². The van der Waals surface area contributed by atoms with E-state index in [0.717, 1.165) is 12.6 Å². The molecule has 2 atom stereocenters. The summed E-state index contributed by atoms with van der Waals surface area (Å²) in [4.78, 5) is 0. The molecular weight excluding hydrogens is 124 g/mol. The van der Waals surface area contributed by atoms with Crippen molar-refractivity contribution in [2.45, 2.75) is 32.2 Å². The maximum atomic E-state index is 5.52. The Labute approximate surface area is 63.2 Å². The van der Waals surface area contributed by atoms with E-state index >= 15 is 0 Å². The Morgan fingerprint density at radius 2 is 2.50 bits per heavy atom. The summed E-state index contributed by atoms with van der Waals surface area (Å²) in [5.41, 5.74) is 5.52. The lowest BCUT2D eigenvalue weighted by Gasteiger charge is -2.14. The SMILES string of the molecule is CC(CN)CC1CCCN1. The molecule has 2 nitrogen and oxygen atoms in total. The predicted molar refractivity (Wildman–Crippen MR) is 43.9 cm³/mol. The van der Waals surface area contributed by atoms with Crippen LogP contribution in [0.1, 0.15) is 26.2 Å². The molecule has 60 valence electrons. The first-order valence-electron chi connectivity index (χ1n) is 4.26. The van der Waals surface area contributed by atoms with Crippen molar-refractivity contribution in [3.05, 3.63) is 0 Å². The van der Waals surface area contributed by atoms with Crippen molar-refractivity contribution in [3.8, 4) is 0 Å². The molecule has 1 heterocycles. The normalized spacial score (nSPS) is 28.8. The zero-order valence-electron chi connectivity index (χ0n) is 6.77. The second-order valence-corrected chi connectivity index (χ2v) is 3.37. The van der Waals surface area contributed by atoms with Crippen LogP contribution < -0.4 is 11.1 Å². The van der Waals surface area contributed by atoms with Gasteiger partial charge >= 0.3 is 0 Å². The van der Waals surface area contributed by atoms with Gasteiger partial charge in [0.05, 0.1) is 0 Å². The Morgan fingerprint density at radius 1 is 1.70 bits per heavy atom. The van der Waals surface area contributed by atoms with E-state index in [-0.39, 0.29) is 0 Å². The van der Waals surface area contributed by atoms with Gasteiger partial charge in [0.15, 0.2) is 0 Å². The zero-order chi connectivity index (χ0) is 7.40. The van der Waals surface area contributed by atoms with Gasteiger partial charge < -0.3 is 11.1 Å². The highest BCUT2D eigenvalue weighted by Gasteiger charge is 2.15. The second-order valence-electron chi connectivity index (χ2n) is 3.37. The quantitative estimate of drug-likeness (QED) is 0.609. The van der Waals surface area contributed by atoms with E-state index in [1.165, 1.54) is 25.8 Å². The molecule has 1 aliphatic rings. The molecule has 2 heteroatoms. The molecule has 2 unspecified atom stereocenters. The third-order valence-electron chi connectivity index (χ3n) is 2.25. The number of nitrogens with two attached hydrogens (primary N) is 1. The summed E-state index contributed by atoms with van der Waals surface area (Å²) >= 11 is 0. The molecule has 0 aromatic carbocycles. The molecular formula is C8H18N2. The summed E-state index contributed by atoms with van der Waals surface area (Å²) in [7, 11) is 0. The van der Waals surface area contributed by atoms with Crippen LogP contribution >= 0.6 is 0 Å². The van der Waals surface area contributed by atoms with Crippen LogP contribution in [0.15, 0.2) is 0 Å². The van der Waals surface area contributed by atoms with Gasteiger partial charge in [-0.2, -0.15) is 0 Å². The molecule has 0 saturated carbocycles. The number of rotatable bonds is 3. The zero-order valence-corrected chi connectivity index (χ0v) is 6.77. The Morgan fingerprint density at radius 3 is 3.00 bits per heavy atom. The lowest BCUT2D eigenvalue weighted by atomic mass is 10.0. The van der Waals surface area contributed by atoms with Crippen LogP contribution in [0.25, 0.3) is 0 Å². The first-order chi connectivity index (χ1) is 4.83. The molecule has 1 saturated heterocycles. The monoisotopic (exact) mass is 142 g/mol. The maximum Gasteiger partial charge on any atom is 0.00705 e. The minimum absolute atomic E-state index is 0.690. The average Bonchev–Trinajstić information content (AvgIpc) is 2.40. The molecule has 0 radical (unpaired) electrons. The van der Waals surface area contributed by atoms with Crippen molar-refractivity contribution in [3.63, 3.8) is 0 Å². The summed E-state index contributed by atoms with van der Waals surface area (Å²) in [5, 5.41) is 3.47. The Hall–Kier alpha value is -0.0800. The van der Waals surface area contributed by atoms with Gasteiger partial charge in [0.2, 0.25) is 0 Å². The van der Waals surface area contributed by atoms with E-state index < -0.39 is 0 Å². The molecule has 0 aromatic rings. The van der Waals surface area contributed by atoms with Crippen LogP contribution in [-0.4, -0.2) is 19.1 Å². The fourth-order valence-corrected chi connectivity index (χ4v) is 1.54. The third-order valence-corrected chi connectivity index (χ3v) is 2.25. The van der Waals surface area contributed by atoms with Crippen LogP contribution in [0.4, 0.5) is 0 Å². The molecule has 1 fully saturated rings. The highest BCUT2D eigenvalue weighted by Crippen LogP contribution is 2.13. The van der Waals surface area contributed by atoms with Crippen molar-refractivity contribution < 1.29 is 0 Å². The van der Waals surface area contributed by atoms with E-state index in [0.29, 0.717) is 5.92 Å². The Kier molecular flexibility index (Phi) is 3.16. The van der Waals surface area contributed by atoms with Crippen LogP contribution in [0.2, 0.25) is 0 Å². The van der Waals surface area contributed by atoms with E-state index in [1.54, 1.807) is 0 Å². The average molecular weight is 142 g/mol. The minimum Gasteiger partial charge on any atom is -0.330 e. The first-order valence-corrected chi connectivity index (χ1v) is 4.26. The molecule has 0 bridgehead atoms. The van der Waals surface area contributed by atoms with E-state index in [4.69, 9.17) is 5.73 Å². The van der Waals surface area contributed by atoms with E-state index in [1.807, 2.05) is 0 Å². The topological polar surface area (TPSA) is 38.0 Å². The summed E-state index contributed by atoms with van der Waals surface area (Å²) in [6.45, 7) is 4.26. The summed E-state index contributed by atoms with van der Waals surface area (Å²) in [6, 6.07) is 0.763. The highest BCUT2D eigenvalue weighted by molar-refractivity contribution is 4.76. The van der Waals surface area contributed by atoms with Crippen molar-refractivity contribution in [1.29, 1.82) is 0 Å². The van der Waals surface area contributed by atoms with Gasteiger partial charge in [0.1, 0.15) is 0 Å². The summed E-state index contributed by atoms with van der Waals surface area (Å²) in [6.07, 6.45) is 3.96. The molecule has 0 aliphatic carbocycles.